The molecule has 1 rings (SSSR count). The van der Waals surface area contributed by atoms with E-state index < -0.39 is 0 Å². The van der Waals surface area contributed by atoms with Gasteiger partial charge in [0.25, 0.3) is 0 Å². The Morgan fingerprint density at radius 3 is 2.73 bits per heavy atom. The second kappa shape index (κ2) is 6.67. The van der Waals surface area contributed by atoms with Crippen molar-refractivity contribution in [3.8, 4) is 0 Å². The van der Waals surface area contributed by atoms with Gasteiger partial charge in [-0.2, -0.15) is 0 Å². The summed E-state index contributed by atoms with van der Waals surface area (Å²) < 4.78 is 0. The number of hydrogen-bond donors (Lipinski definition) is 2. The average Bonchev–Trinajstić information content (AvgIpc) is 3.01. The van der Waals surface area contributed by atoms with Crippen LogP contribution in [-0.4, -0.2) is 35.6 Å². The standard InChI is InChI=1S/C11H23N3O/c1-2-7-14(9-10-5-6-10)8-3-4-11(12)13-15/h10,15H,2-9H2,1H3,(H2,12,13). The Balaban J connectivity index is 2.12. The highest BCUT2D eigenvalue weighted by Gasteiger charge is 2.23. The van der Waals surface area contributed by atoms with Gasteiger partial charge in [0, 0.05) is 13.0 Å². The summed E-state index contributed by atoms with van der Waals surface area (Å²) >= 11 is 0. The van der Waals surface area contributed by atoms with Gasteiger partial charge in [0.05, 0.1) is 0 Å². The van der Waals surface area contributed by atoms with Crippen molar-refractivity contribution in [3.63, 3.8) is 0 Å². The predicted octanol–water partition coefficient (Wildman–Crippen LogP) is 1.64. The smallest absolute Gasteiger partial charge is 0.139 e. The van der Waals surface area contributed by atoms with Gasteiger partial charge in [-0.3, -0.25) is 0 Å². The molecule has 0 aliphatic heterocycles. The van der Waals surface area contributed by atoms with Crippen molar-refractivity contribution in [1.29, 1.82) is 0 Å². The van der Waals surface area contributed by atoms with Gasteiger partial charge in [0.2, 0.25) is 0 Å². The Morgan fingerprint density at radius 1 is 1.47 bits per heavy atom. The van der Waals surface area contributed by atoms with Crippen LogP contribution >= 0.6 is 0 Å². The third-order valence-electron chi connectivity index (χ3n) is 2.79. The van der Waals surface area contributed by atoms with Crippen molar-refractivity contribution >= 4 is 5.84 Å². The van der Waals surface area contributed by atoms with Crippen LogP contribution < -0.4 is 5.73 Å². The van der Waals surface area contributed by atoms with Crippen LogP contribution in [0.25, 0.3) is 0 Å². The quantitative estimate of drug-likeness (QED) is 0.279. The molecule has 0 spiro atoms. The van der Waals surface area contributed by atoms with Crippen LogP contribution in [0.15, 0.2) is 5.16 Å². The zero-order chi connectivity index (χ0) is 11.1. The zero-order valence-electron chi connectivity index (χ0n) is 9.65. The number of hydrogen-bond acceptors (Lipinski definition) is 3. The number of nitrogens with zero attached hydrogens (tertiary/aromatic N) is 2. The lowest BCUT2D eigenvalue weighted by atomic mass is 10.2. The second-order valence-electron chi connectivity index (χ2n) is 4.44. The summed E-state index contributed by atoms with van der Waals surface area (Å²) in [6.45, 7) is 5.70. The van der Waals surface area contributed by atoms with Crippen LogP contribution in [0.1, 0.15) is 39.0 Å². The lowest BCUT2D eigenvalue weighted by Crippen LogP contribution is -2.28. The molecule has 15 heavy (non-hydrogen) atoms. The Morgan fingerprint density at radius 2 is 2.20 bits per heavy atom. The molecule has 0 saturated heterocycles. The minimum Gasteiger partial charge on any atom is -0.409 e. The highest BCUT2D eigenvalue weighted by atomic mass is 16.4. The first-order valence-corrected chi connectivity index (χ1v) is 5.95. The van der Waals surface area contributed by atoms with Gasteiger partial charge in [-0.15, -0.1) is 0 Å². The molecule has 1 aliphatic rings. The summed E-state index contributed by atoms with van der Waals surface area (Å²) in [6.07, 6.45) is 5.70. The molecule has 3 N–H and O–H groups in total. The van der Waals surface area contributed by atoms with Gasteiger partial charge in [-0.1, -0.05) is 12.1 Å². The van der Waals surface area contributed by atoms with E-state index in [1.54, 1.807) is 0 Å². The molecule has 0 aromatic rings. The SMILES string of the molecule is CCCN(CCCC(N)=NO)CC1CC1. The molecule has 0 amide bonds. The molecule has 4 heteroatoms. The molecule has 1 saturated carbocycles. The van der Waals surface area contributed by atoms with E-state index in [4.69, 9.17) is 10.9 Å². The molecule has 0 atom stereocenters. The Bertz CT molecular complexity index is 202. The normalized spacial score (nSPS) is 17.3. The molecule has 88 valence electrons. The summed E-state index contributed by atoms with van der Waals surface area (Å²) in [6, 6.07) is 0. The fourth-order valence-corrected chi connectivity index (χ4v) is 1.81. The summed E-state index contributed by atoms with van der Waals surface area (Å²) in [7, 11) is 0. The molecule has 1 fully saturated rings. The van der Waals surface area contributed by atoms with Crippen LogP contribution in [0, 0.1) is 5.92 Å². The van der Waals surface area contributed by atoms with E-state index in [0.29, 0.717) is 12.3 Å². The number of nitrogens with two attached hydrogens (primary N) is 1. The maximum absolute atomic E-state index is 8.41. The minimum atomic E-state index is 0.345. The maximum atomic E-state index is 8.41. The molecule has 0 unspecified atom stereocenters. The molecule has 0 bridgehead atoms. The highest BCUT2D eigenvalue weighted by molar-refractivity contribution is 5.79. The van der Waals surface area contributed by atoms with Crippen molar-refractivity contribution in [1.82, 2.24) is 4.90 Å². The van der Waals surface area contributed by atoms with Crippen LogP contribution in [0.2, 0.25) is 0 Å². The van der Waals surface area contributed by atoms with E-state index in [2.05, 4.69) is 17.0 Å². The number of amidine groups is 1. The van der Waals surface area contributed by atoms with E-state index in [9.17, 15) is 0 Å². The average molecular weight is 213 g/mol. The predicted molar refractivity (Wildman–Crippen MR) is 62.1 cm³/mol. The third kappa shape index (κ3) is 5.62. The van der Waals surface area contributed by atoms with Crippen LogP contribution in [-0.2, 0) is 0 Å². The first-order chi connectivity index (χ1) is 7.26. The van der Waals surface area contributed by atoms with Gasteiger partial charge in [-0.25, -0.2) is 0 Å². The molecule has 1 aliphatic carbocycles. The summed E-state index contributed by atoms with van der Waals surface area (Å²) in [5, 5.41) is 11.4. The van der Waals surface area contributed by atoms with Crippen LogP contribution in [0.5, 0.6) is 0 Å². The Labute approximate surface area is 92.1 Å². The van der Waals surface area contributed by atoms with Gasteiger partial charge < -0.3 is 15.8 Å². The maximum Gasteiger partial charge on any atom is 0.139 e. The van der Waals surface area contributed by atoms with Crippen molar-refractivity contribution in [2.24, 2.45) is 16.8 Å². The summed E-state index contributed by atoms with van der Waals surface area (Å²) in [5.41, 5.74) is 5.43. The van der Waals surface area contributed by atoms with Crippen molar-refractivity contribution < 1.29 is 5.21 Å². The zero-order valence-corrected chi connectivity index (χ0v) is 9.65. The van der Waals surface area contributed by atoms with E-state index in [-0.39, 0.29) is 0 Å². The Kier molecular flexibility index (Phi) is 5.47. The molecule has 0 radical (unpaired) electrons. The summed E-state index contributed by atoms with van der Waals surface area (Å²) in [4.78, 5) is 2.50. The monoisotopic (exact) mass is 213 g/mol. The molecular weight excluding hydrogens is 190 g/mol. The topological polar surface area (TPSA) is 61.8 Å². The largest absolute Gasteiger partial charge is 0.409 e. The number of rotatable bonds is 8. The first-order valence-electron chi connectivity index (χ1n) is 5.95. The Hall–Kier alpha value is -0.770. The van der Waals surface area contributed by atoms with Gasteiger partial charge >= 0.3 is 0 Å². The van der Waals surface area contributed by atoms with Gasteiger partial charge in [0.1, 0.15) is 5.84 Å². The van der Waals surface area contributed by atoms with Crippen molar-refractivity contribution in [2.75, 3.05) is 19.6 Å². The fraction of sp³-hybridized carbons (Fsp3) is 0.909. The molecular formula is C11H23N3O. The highest BCUT2D eigenvalue weighted by Crippen LogP contribution is 2.29. The van der Waals surface area contributed by atoms with E-state index in [0.717, 1.165) is 18.9 Å². The van der Waals surface area contributed by atoms with E-state index in [1.165, 1.54) is 32.4 Å². The lowest BCUT2D eigenvalue weighted by Gasteiger charge is -2.21. The third-order valence-corrected chi connectivity index (χ3v) is 2.79. The van der Waals surface area contributed by atoms with Crippen molar-refractivity contribution in [3.05, 3.63) is 0 Å². The van der Waals surface area contributed by atoms with Crippen LogP contribution in [0.4, 0.5) is 0 Å². The van der Waals surface area contributed by atoms with Gasteiger partial charge in [0.15, 0.2) is 0 Å². The molecule has 0 aromatic heterocycles. The van der Waals surface area contributed by atoms with E-state index in [1.807, 2.05) is 0 Å². The molecule has 0 aromatic carbocycles. The fourth-order valence-electron chi connectivity index (χ4n) is 1.81. The lowest BCUT2D eigenvalue weighted by molar-refractivity contribution is 0.261. The van der Waals surface area contributed by atoms with Gasteiger partial charge in [-0.05, 0) is 44.7 Å². The van der Waals surface area contributed by atoms with Crippen molar-refractivity contribution in [2.45, 2.75) is 39.0 Å². The second-order valence-corrected chi connectivity index (χ2v) is 4.44. The first kappa shape index (κ1) is 12.3. The minimum absolute atomic E-state index is 0.345. The molecule has 4 nitrogen and oxygen atoms in total. The number of oxime groups is 1. The van der Waals surface area contributed by atoms with Crippen LogP contribution in [0.3, 0.4) is 0 Å². The van der Waals surface area contributed by atoms with E-state index >= 15 is 0 Å². The molecule has 0 heterocycles. The summed E-state index contributed by atoms with van der Waals surface area (Å²) in [5.74, 6) is 1.29.